The van der Waals surface area contributed by atoms with Crippen molar-refractivity contribution in [1.82, 2.24) is 5.32 Å². The summed E-state index contributed by atoms with van der Waals surface area (Å²) in [6.07, 6.45) is 4.93. The van der Waals surface area contributed by atoms with Gasteiger partial charge in [-0.1, -0.05) is 33.1 Å². The Balaban J connectivity index is 3.62. The molecule has 0 radical (unpaired) electrons. The molecular formula is C13H27NO2. The molecule has 0 aliphatic carbocycles. The number of rotatable bonds is 9. The van der Waals surface area contributed by atoms with Crippen molar-refractivity contribution >= 4 is 5.91 Å². The summed E-state index contributed by atoms with van der Waals surface area (Å²) in [5.74, 6) is 0.617. The zero-order chi connectivity index (χ0) is 12.4. The lowest BCUT2D eigenvalue weighted by atomic mass is 9.99. The van der Waals surface area contributed by atoms with Crippen molar-refractivity contribution in [1.29, 1.82) is 0 Å². The van der Waals surface area contributed by atoms with Crippen LogP contribution in [0.4, 0.5) is 0 Å². The van der Waals surface area contributed by atoms with Gasteiger partial charge in [-0.3, -0.25) is 4.79 Å². The number of hydrogen-bond donors (Lipinski definition) is 1. The second-order valence-electron chi connectivity index (χ2n) is 4.58. The molecule has 16 heavy (non-hydrogen) atoms. The van der Waals surface area contributed by atoms with Crippen LogP contribution >= 0.6 is 0 Å². The molecule has 96 valence electrons. The maximum atomic E-state index is 11.4. The average Bonchev–Trinajstić information content (AvgIpc) is 2.26. The van der Waals surface area contributed by atoms with E-state index in [2.05, 4.69) is 19.2 Å². The molecule has 0 aromatic carbocycles. The number of amides is 1. The zero-order valence-corrected chi connectivity index (χ0v) is 11.2. The van der Waals surface area contributed by atoms with Crippen LogP contribution in [-0.2, 0) is 9.53 Å². The molecule has 0 bridgehead atoms. The highest BCUT2D eigenvalue weighted by molar-refractivity contribution is 5.77. The van der Waals surface area contributed by atoms with E-state index in [4.69, 9.17) is 4.74 Å². The summed E-state index contributed by atoms with van der Waals surface area (Å²) in [4.78, 5) is 11.4. The van der Waals surface area contributed by atoms with Crippen LogP contribution in [0.25, 0.3) is 0 Å². The minimum atomic E-state index is 0.00338. The van der Waals surface area contributed by atoms with Crippen LogP contribution in [-0.4, -0.2) is 25.2 Å². The summed E-state index contributed by atoms with van der Waals surface area (Å²) in [6, 6.07) is 0. The van der Waals surface area contributed by atoms with Crippen molar-refractivity contribution in [2.24, 2.45) is 5.92 Å². The van der Waals surface area contributed by atoms with Gasteiger partial charge in [-0.15, -0.1) is 0 Å². The first-order chi connectivity index (χ1) is 7.60. The van der Waals surface area contributed by atoms with Gasteiger partial charge in [0.15, 0.2) is 0 Å². The van der Waals surface area contributed by atoms with Crippen LogP contribution in [0.5, 0.6) is 0 Å². The summed E-state index contributed by atoms with van der Waals surface area (Å²) in [6.45, 7) is 9.21. The lowest BCUT2D eigenvalue weighted by molar-refractivity contribution is -0.127. The van der Waals surface area contributed by atoms with Crippen LogP contribution in [0, 0.1) is 5.92 Å². The van der Waals surface area contributed by atoms with E-state index in [1.165, 1.54) is 19.3 Å². The molecule has 0 heterocycles. The average molecular weight is 229 g/mol. The first-order valence-corrected chi connectivity index (χ1v) is 6.48. The van der Waals surface area contributed by atoms with Gasteiger partial charge in [-0.05, 0) is 26.2 Å². The Morgan fingerprint density at radius 3 is 2.50 bits per heavy atom. The Kier molecular flexibility index (Phi) is 9.30. The fraction of sp³-hybridized carbons (Fsp3) is 0.923. The van der Waals surface area contributed by atoms with E-state index in [1.54, 1.807) is 0 Å². The smallest absolute Gasteiger partial charge is 0.246 e. The molecule has 3 nitrogen and oxygen atoms in total. The van der Waals surface area contributed by atoms with Crippen molar-refractivity contribution in [3.8, 4) is 0 Å². The lowest BCUT2D eigenvalue weighted by Crippen LogP contribution is -2.32. The van der Waals surface area contributed by atoms with Gasteiger partial charge < -0.3 is 10.1 Å². The molecule has 0 aromatic heterocycles. The fourth-order valence-electron chi connectivity index (χ4n) is 1.49. The molecule has 1 unspecified atom stereocenters. The van der Waals surface area contributed by atoms with Gasteiger partial charge in [0.05, 0.1) is 6.10 Å². The first-order valence-electron chi connectivity index (χ1n) is 6.48. The molecule has 0 aliphatic heterocycles. The lowest BCUT2D eigenvalue weighted by Gasteiger charge is -2.15. The Morgan fingerprint density at radius 2 is 2.00 bits per heavy atom. The maximum Gasteiger partial charge on any atom is 0.246 e. The van der Waals surface area contributed by atoms with Crippen molar-refractivity contribution < 1.29 is 9.53 Å². The van der Waals surface area contributed by atoms with Crippen molar-refractivity contribution in [3.63, 3.8) is 0 Å². The van der Waals surface area contributed by atoms with Crippen LogP contribution in [0.1, 0.15) is 53.4 Å². The van der Waals surface area contributed by atoms with Crippen LogP contribution in [0.2, 0.25) is 0 Å². The fourth-order valence-corrected chi connectivity index (χ4v) is 1.49. The van der Waals surface area contributed by atoms with E-state index < -0.39 is 0 Å². The van der Waals surface area contributed by atoms with Crippen molar-refractivity contribution in [3.05, 3.63) is 0 Å². The summed E-state index contributed by atoms with van der Waals surface area (Å²) in [7, 11) is 0. The zero-order valence-electron chi connectivity index (χ0n) is 11.2. The second-order valence-corrected chi connectivity index (χ2v) is 4.58. The molecule has 1 atom stereocenters. The van der Waals surface area contributed by atoms with E-state index in [1.807, 2.05) is 13.8 Å². The number of ether oxygens (including phenoxy) is 1. The molecular weight excluding hydrogens is 202 g/mol. The van der Waals surface area contributed by atoms with Gasteiger partial charge in [0, 0.05) is 6.54 Å². The number of carbonyl (C=O) groups is 1. The molecule has 1 N–H and O–H groups in total. The van der Waals surface area contributed by atoms with E-state index in [0.29, 0.717) is 5.92 Å². The molecule has 0 saturated carbocycles. The minimum Gasteiger partial charge on any atom is -0.369 e. The summed E-state index contributed by atoms with van der Waals surface area (Å²) < 4.78 is 5.24. The van der Waals surface area contributed by atoms with Gasteiger partial charge in [0.2, 0.25) is 5.91 Å². The van der Waals surface area contributed by atoms with Gasteiger partial charge >= 0.3 is 0 Å². The molecule has 0 fully saturated rings. The van der Waals surface area contributed by atoms with E-state index in [0.717, 1.165) is 13.0 Å². The quantitative estimate of drug-likeness (QED) is 0.660. The molecule has 1 amide bonds. The predicted octanol–water partition coefficient (Wildman–Crippen LogP) is 2.74. The number of hydrogen-bond acceptors (Lipinski definition) is 2. The van der Waals surface area contributed by atoms with Crippen LogP contribution < -0.4 is 5.32 Å². The monoisotopic (exact) mass is 229 g/mol. The third-order valence-corrected chi connectivity index (χ3v) is 2.68. The molecule has 0 aromatic rings. The molecule has 0 rings (SSSR count). The third-order valence-electron chi connectivity index (χ3n) is 2.68. The van der Waals surface area contributed by atoms with Crippen LogP contribution in [0.15, 0.2) is 0 Å². The normalized spacial score (nSPS) is 12.8. The number of nitrogens with one attached hydrogen (secondary N) is 1. The van der Waals surface area contributed by atoms with E-state index in [-0.39, 0.29) is 18.6 Å². The minimum absolute atomic E-state index is 0.00338. The van der Waals surface area contributed by atoms with E-state index >= 15 is 0 Å². The topological polar surface area (TPSA) is 38.3 Å². The molecule has 3 heteroatoms. The molecule has 0 aliphatic rings. The Bertz CT molecular complexity index is 181. The SMILES string of the molecule is CCCCC(CC)CNC(=O)COC(C)C. The molecule has 0 spiro atoms. The Hall–Kier alpha value is -0.570. The highest BCUT2D eigenvalue weighted by Crippen LogP contribution is 2.10. The van der Waals surface area contributed by atoms with Crippen molar-refractivity contribution in [2.75, 3.05) is 13.2 Å². The number of carbonyl (C=O) groups excluding carboxylic acids is 1. The predicted molar refractivity (Wildman–Crippen MR) is 67.4 cm³/mol. The van der Waals surface area contributed by atoms with E-state index in [9.17, 15) is 4.79 Å². The van der Waals surface area contributed by atoms with Crippen LogP contribution in [0.3, 0.4) is 0 Å². The Morgan fingerprint density at radius 1 is 1.31 bits per heavy atom. The highest BCUT2D eigenvalue weighted by Gasteiger charge is 2.08. The first kappa shape index (κ1) is 15.4. The van der Waals surface area contributed by atoms with Gasteiger partial charge in [0.1, 0.15) is 6.61 Å². The summed E-state index contributed by atoms with van der Waals surface area (Å²) in [5.41, 5.74) is 0. The maximum absolute atomic E-state index is 11.4. The largest absolute Gasteiger partial charge is 0.369 e. The van der Waals surface area contributed by atoms with Gasteiger partial charge in [-0.25, -0.2) is 0 Å². The highest BCUT2D eigenvalue weighted by atomic mass is 16.5. The van der Waals surface area contributed by atoms with Gasteiger partial charge in [-0.2, -0.15) is 0 Å². The standard InChI is InChI=1S/C13H27NO2/c1-5-7-8-12(6-2)9-14-13(15)10-16-11(3)4/h11-12H,5-10H2,1-4H3,(H,14,15). The number of unbranched alkanes of at least 4 members (excludes halogenated alkanes) is 1. The molecule has 0 saturated heterocycles. The second kappa shape index (κ2) is 9.64. The van der Waals surface area contributed by atoms with Gasteiger partial charge in [0.25, 0.3) is 0 Å². The summed E-state index contributed by atoms with van der Waals surface area (Å²) in [5, 5.41) is 2.93. The summed E-state index contributed by atoms with van der Waals surface area (Å²) >= 11 is 0. The third kappa shape index (κ3) is 8.72. The Labute approximate surface area is 99.9 Å². The van der Waals surface area contributed by atoms with Crippen molar-refractivity contribution in [2.45, 2.75) is 59.5 Å².